The van der Waals surface area contributed by atoms with Crippen LogP contribution < -0.4 is 15.4 Å². The predicted octanol–water partition coefficient (Wildman–Crippen LogP) is 2.94. The Morgan fingerprint density at radius 2 is 1.96 bits per heavy atom. The van der Waals surface area contributed by atoms with E-state index in [4.69, 9.17) is 4.74 Å². The highest BCUT2D eigenvalue weighted by Gasteiger charge is 2.11. The summed E-state index contributed by atoms with van der Waals surface area (Å²) in [5.41, 5.74) is 4.79. The Kier molecular flexibility index (Phi) is 5.16. The van der Waals surface area contributed by atoms with Crippen LogP contribution in [0.2, 0.25) is 0 Å². The van der Waals surface area contributed by atoms with E-state index >= 15 is 0 Å². The van der Waals surface area contributed by atoms with Crippen LogP contribution in [0.4, 0.5) is 0 Å². The van der Waals surface area contributed by atoms with Gasteiger partial charge in [0.1, 0.15) is 5.75 Å². The molecule has 4 heteroatoms. The highest BCUT2D eigenvalue weighted by atomic mass is 16.5. The Hall–Kier alpha value is -2.33. The van der Waals surface area contributed by atoms with E-state index in [1.807, 2.05) is 38.1 Å². The number of carbonyl (C=O) groups excluding carboxylic acids is 1. The van der Waals surface area contributed by atoms with Gasteiger partial charge in [-0.3, -0.25) is 4.79 Å². The summed E-state index contributed by atoms with van der Waals surface area (Å²) in [7, 11) is 0. The van der Waals surface area contributed by atoms with Crippen molar-refractivity contribution in [2.45, 2.75) is 46.0 Å². The van der Waals surface area contributed by atoms with Crippen molar-refractivity contribution < 1.29 is 9.53 Å². The summed E-state index contributed by atoms with van der Waals surface area (Å²) in [6, 6.07) is 14.1. The third-order valence-corrected chi connectivity index (χ3v) is 4.03. The van der Waals surface area contributed by atoms with Crippen molar-refractivity contribution in [1.82, 2.24) is 10.6 Å². The van der Waals surface area contributed by atoms with Crippen LogP contribution in [-0.4, -0.2) is 12.0 Å². The van der Waals surface area contributed by atoms with Gasteiger partial charge in [-0.25, -0.2) is 0 Å². The second kappa shape index (κ2) is 7.49. The van der Waals surface area contributed by atoms with Gasteiger partial charge >= 0.3 is 0 Å². The molecule has 1 amide bonds. The molecule has 1 heterocycles. The van der Waals surface area contributed by atoms with Crippen molar-refractivity contribution >= 4 is 5.91 Å². The fourth-order valence-electron chi connectivity index (χ4n) is 2.91. The average molecular weight is 324 g/mol. The molecule has 3 rings (SSSR count). The highest BCUT2D eigenvalue weighted by molar-refractivity contribution is 5.78. The first kappa shape index (κ1) is 16.5. The summed E-state index contributed by atoms with van der Waals surface area (Å²) in [6.07, 6.45) is 0.491. The number of rotatable bonds is 6. The van der Waals surface area contributed by atoms with Gasteiger partial charge in [0.25, 0.3) is 0 Å². The van der Waals surface area contributed by atoms with Crippen LogP contribution in [-0.2, 0) is 30.8 Å². The van der Waals surface area contributed by atoms with Crippen LogP contribution in [0.15, 0.2) is 42.5 Å². The first-order valence-electron chi connectivity index (χ1n) is 8.44. The summed E-state index contributed by atoms with van der Waals surface area (Å²) >= 11 is 0. The maximum atomic E-state index is 12.2. The Bertz CT molecular complexity index is 725. The minimum atomic E-state index is 0.0234. The number of hydrogen-bond acceptors (Lipinski definition) is 3. The molecule has 1 aliphatic rings. The SMILES string of the molecule is CC(C)Oc1cccc(CC(=O)NCc2ccc3c(c2)CNC3)c1. The second-order valence-electron chi connectivity index (χ2n) is 6.47. The largest absolute Gasteiger partial charge is 0.491 e. The maximum absolute atomic E-state index is 12.2. The highest BCUT2D eigenvalue weighted by Crippen LogP contribution is 2.17. The van der Waals surface area contributed by atoms with Crippen molar-refractivity contribution in [2.24, 2.45) is 0 Å². The normalized spacial score (nSPS) is 13.0. The molecule has 0 saturated heterocycles. The smallest absolute Gasteiger partial charge is 0.224 e. The van der Waals surface area contributed by atoms with Crippen molar-refractivity contribution in [3.8, 4) is 5.75 Å². The molecule has 2 aromatic carbocycles. The quantitative estimate of drug-likeness (QED) is 0.859. The molecule has 0 atom stereocenters. The number of fused-ring (bicyclic) bond motifs is 1. The fraction of sp³-hybridized carbons (Fsp3) is 0.350. The van der Waals surface area contributed by atoms with E-state index in [2.05, 4.69) is 28.8 Å². The molecule has 0 aromatic heterocycles. The van der Waals surface area contributed by atoms with Gasteiger partial charge in [-0.2, -0.15) is 0 Å². The molecule has 2 N–H and O–H groups in total. The zero-order valence-electron chi connectivity index (χ0n) is 14.3. The number of carbonyl (C=O) groups is 1. The summed E-state index contributed by atoms with van der Waals surface area (Å²) in [5.74, 6) is 0.830. The van der Waals surface area contributed by atoms with E-state index in [1.165, 1.54) is 11.1 Å². The second-order valence-corrected chi connectivity index (χ2v) is 6.47. The molecular formula is C20H24N2O2. The van der Waals surface area contributed by atoms with Crippen LogP contribution in [0.5, 0.6) is 5.75 Å². The molecular weight excluding hydrogens is 300 g/mol. The van der Waals surface area contributed by atoms with E-state index in [0.29, 0.717) is 13.0 Å². The summed E-state index contributed by atoms with van der Waals surface area (Å²) < 4.78 is 5.67. The maximum Gasteiger partial charge on any atom is 0.224 e. The first-order valence-corrected chi connectivity index (χ1v) is 8.44. The molecule has 0 bridgehead atoms. The number of benzene rings is 2. The molecule has 0 spiro atoms. The molecule has 0 radical (unpaired) electrons. The average Bonchev–Trinajstić information content (AvgIpc) is 3.00. The topological polar surface area (TPSA) is 50.4 Å². The lowest BCUT2D eigenvalue weighted by atomic mass is 10.1. The predicted molar refractivity (Wildman–Crippen MR) is 94.7 cm³/mol. The van der Waals surface area contributed by atoms with E-state index in [1.54, 1.807) is 0 Å². The Balaban J connectivity index is 1.54. The first-order chi connectivity index (χ1) is 11.6. The Labute approximate surface area is 143 Å². The Morgan fingerprint density at radius 1 is 1.12 bits per heavy atom. The van der Waals surface area contributed by atoms with Gasteiger partial charge in [0.2, 0.25) is 5.91 Å². The van der Waals surface area contributed by atoms with E-state index < -0.39 is 0 Å². The lowest BCUT2D eigenvalue weighted by Gasteiger charge is -2.11. The van der Waals surface area contributed by atoms with Gasteiger partial charge in [-0.1, -0.05) is 30.3 Å². The molecule has 0 aliphatic carbocycles. The number of ether oxygens (including phenoxy) is 1. The molecule has 0 fully saturated rings. The van der Waals surface area contributed by atoms with Gasteiger partial charge in [-0.05, 0) is 48.2 Å². The molecule has 1 aliphatic heterocycles. The van der Waals surface area contributed by atoms with Gasteiger partial charge in [0, 0.05) is 19.6 Å². The van der Waals surface area contributed by atoms with Crippen LogP contribution in [0.25, 0.3) is 0 Å². The molecule has 4 nitrogen and oxygen atoms in total. The van der Waals surface area contributed by atoms with E-state index in [-0.39, 0.29) is 12.0 Å². The standard InChI is InChI=1S/C20H24N2O2/c1-14(2)24-19-5-3-4-15(9-19)10-20(23)22-11-16-6-7-17-12-21-13-18(17)8-16/h3-9,14,21H,10-13H2,1-2H3,(H,22,23). The molecule has 24 heavy (non-hydrogen) atoms. The minimum Gasteiger partial charge on any atom is -0.491 e. The summed E-state index contributed by atoms with van der Waals surface area (Å²) in [5, 5.41) is 6.33. The van der Waals surface area contributed by atoms with Crippen molar-refractivity contribution in [1.29, 1.82) is 0 Å². The Morgan fingerprint density at radius 3 is 2.79 bits per heavy atom. The van der Waals surface area contributed by atoms with Crippen molar-refractivity contribution in [2.75, 3.05) is 0 Å². The van der Waals surface area contributed by atoms with Gasteiger partial charge in [0.05, 0.1) is 12.5 Å². The minimum absolute atomic E-state index is 0.0234. The number of hydrogen-bond donors (Lipinski definition) is 2. The van der Waals surface area contributed by atoms with Crippen LogP contribution >= 0.6 is 0 Å². The van der Waals surface area contributed by atoms with Gasteiger partial charge in [0.15, 0.2) is 0 Å². The zero-order valence-corrected chi connectivity index (χ0v) is 14.3. The lowest BCUT2D eigenvalue weighted by molar-refractivity contribution is -0.120. The van der Waals surface area contributed by atoms with Crippen LogP contribution in [0.1, 0.15) is 36.1 Å². The number of nitrogens with one attached hydrogen (secondary N) is 2. The monoisotopic (exact) mass is 324 g/mol. The van der Waals surface area contributed by atoms with Crippen molar-refractivity contribution in [3.05, 3.63) is 64.7 Å². The fourth-order valence-corrected chi connectivity index (χ4v) is 2.91. The summed E-state index contributed by atoms with van der Waals surface area (Å²) in [4.78, 5) is 12.2. The third kappa shape index (κ3) is 4.36. The van der Waals surface area contributed by atoms with E-state index in [0.717, 1.165) is 30.0 Å². The van der Waals surface area contributed by atoms with Gasteiger partial charge < -0.3 is 15.4 Å². The number of amides is 1. The lowest BCUT2D eigenvalue weighted by Crippen LogP contribution is -2.24. The molecule has 0 saturated carbocycles. The van der Waals surface area contributed by atoms with Crippen molar-refractivity contribution in [3.63, 3.8) is 0 Å². The molecule has 2 aromatic rings. The summed E-state index contributed by atoms with van der Waals surface area (Å²) in [6.45, 7) is 6.40. The molecule has 126 valence electrons. The van der Waals surface area contributed by atoms with Crippen LogP contribution in [0, 0.1) is 0 Å². The molecule has 0 unspecified atom stereocenters. The van der Waals surface area contributed by atoms with Gasteiger partial charge in [-0.15, -0.1) is 0 Å². The van der Waals surface area contributed by atoms with E-state index in [9.17, 15) is 4.79 Å². The zero-order chi connectivity index (χ0) is 16.9. The van der Waals surface area contributed by atoms with Crippen LogP contribution in [0.3, 0.4) is 0 Å². The third-order valence-electron chi connectivity index (χ3n) is 4.03.